The van der Waals surface area contributed by atoms with Crippen molar-refractivity contribution < 1.29 is 34.8 Å². The molecule has 9 nitrogen and oxygen atoms in total. The van der Waals surface area contributed by atoms with Gasteiger partial charge in [-0.3, -0.25) is 14.4 Å². The first-order valence-electron chi connectivity index (χ1n) is 9.14. The third-order valence-corrected chi connectivity index (χ3v) is 6.24. The molecule has 0 spiro atoms. The second-order valence-corrected chi connectivity index (χ2v) is 7.72. The van der Waals surface area contributed by atoms with Crippen molar-refractivity contribution in [2.75, 3.05) is 0 Å². The predicted molar refractivity (Wildman–Crippen MR) is 99.3 cm³/mol. The lowest BCUT2D eigenvalue weighted by Gasteiger charge is -2.46. The lowest BCUT2D eigenvalue weighted by molar-refractivity contribution is -0.147. The molecule has 9 heteroatoms. The van der Waals surface area contributed by atoms with E-state index in [1.165, 1.54) is 0 Å². The Morgan fingerprint density at radius 3 is 2.48 bits per heavy atom. The number of carbonyl (C=O) groups is 3. The van der Waals surface area contributed by atoms with E-state index in [0.29, 0.717) is 11.1 Å². The van der Waals surface area contributed by atoms with E-state index in [9.17, 15) is 34.8 Å². The Bertz CT molecular complexity index is 1060. The normalized spacial score (nSPS) is 28.8. The number of carbonyl (C=O) groups excluding carboxylic acids is 3. The van der Waals surface area contributed by atoms with Crippen molar-refractivity contribution >= 4 is 23.2 Å². The van der Waals surface area contributed by atoms with Gasteiger partial charge in [-0.15, -0.1) is 0 Å². The number of amides is 1. The number of hydrogen-bond donors (Lipinski definition) is 6. The first kappa shape index (κ1) is 19.2. The van der Waals surface area contributed by atoms with Crippen LogP contribution in [0.3, 0.4) is 0 Å². The highest BCUT2D eigenvalue weighted by Gasteiger charge is 2.60. The van der Waals surface area contributed by atoms with Crippen molar-refractivity contribution in [2.45, 2.75) is 31.4 Å². The zero-order chi connectivity index (χ0) is 21.2. The Kier molecular flexibility index (Phi) is 4.07. The Labute approximate surface area is 164 Å². The van der Waals surface area contributed by atoms with Gasteiger partial charge in [-0.2, -0.15) is 0 Å². The largest absolute Gasteiger partial charge is 0.508 e. The van der Waals surface area contributed by atoms with Gasteiger partial charge in [-0.1, -0.05) is 12.1 Å². The standard InChI is InChI=1S/C20H20N2O7/c21-6-8-2-1-7-3-9-4-10-5-11(23)14(19(22)28)18(27)20(10,29)17(26)13(9)16(25)12(7)15(8)24/h1-2,9-10,24-25,27,29H,3-6,21H2,(H2,22,28). The minimum absolute atomic E-state index is 0.0126. The van der Waals surface area contributed by atoms with Gasteiger partial charge < -0.3 is 31.9 Å². The molecule has 152 valence electrons. The van der Waals surface area contributed by atoms with Crippen molar-refractivity contribution in [1.29, 1.82) is 0 Å². The van der Waals surface area contributed by atoms with Crippen LogP contribution in [0.1, 0.15) is 29.5 Å². The molecular weight excluding hydrogens is 380 g/mol. The Morgan fingerprint density at radius 1 is 1.17 bits per heavy atom. The first-order valence-corrected chi connectivity index (χ1v) is 9.14. The third kappa shape index (κ3) is 2.37. The van der Waals surface area contributed by atoms with Crippen molar-refractivity contribution in [2.24, 2.45) is 23.3 Å². The molecule has 3 atom stereocenters. The fourth-order valence-electron chi connectivity index (χ4n) is 4.80. The van der Waals surface area contributed by atoms with Crippen LogP contribution in [0.15, 0.2) is 29.0 Å². The quantitative estimate of drug-likeness (QED) is 0.371. The minimum atomic E-state index is -2.54. The summed E-state index contributed by atoms with van der Waals surface area (Å²) in [6, 6.07) is 3.33. The Balaban J connectivity index is 1.93. The Hall–Kier alpha value is -3.17. The number of primary amides is 1. The number of hydrogen-bond acceptors (Lipinski definition) is 8. The van der Waals surface area contributed by atoms with Gasteiger partial charge in [0.2, 0.25) is 5.78 Å². The van der Waals surface area contributed by atoms with E-state index in [1.54, 1.807) is 12.1 Å². The van der Waals surface area contributed by atoms with Crippen LogP contribution in [0, 0.1) is 11.8 Å². The van der Waals surface area contributed by atoms with Crippen LogP contribution in [0.5, 0.6) is 5.75 Å². The van der Waals surface area contributed by atoms with Gasteiger partial charge in [-0.25, -0.2) is 0 Å². The summed E-state index contributed by atoms with van der Waals surface area (Å²) < 4.78 is 0. The molecule has 0 aromatic heterocycles. The van der Waals surface area contributed by atoms with Crippen molar-refractivity contribution in [3.8, 4) is 5.75 Å². The number of aliphatic hydroxyl groups is 3. The van der Waals surface area contributed by atoms with Crippen molar-refractivity contribution in [3.05, 3.63) is 45.7 Å². The van der Waals surface area contributed by atoms with E-state index in [-0.39, 0.29) is 42.7 Å². The van der Waals surface area contributed by atoms with Crippen LogP contribution in [-0.2, 0) is 27.3 Å². The van der Waals surface area contributed by atoms with E-state index < -0.39 is 52.0 Å². The zero-order valence-electron chi connectivity index (χ0n) is 15.3. The number of phenols is 1. The number of aromatic hydroxyl groups is 1. The van der Waals surface area contributed by atoms with Crippen molar-refractivity contribution in [1.82, 2.24) is 0 Å². The number of fused-ring (bicyclic) bond motifs is 3. The fraction of sp³-hybridized carbons (Fsp3) is 0.350. The molecule has 0 saturated heterocycles. The van der Waals surface area contributed by atoms with Gasteiger partial charge in [0.1, 0.15) is 22.8 Å². The molecule has 3 aliphatic rings. The number of nitrogens with two attached hydrogens (primary N) is 2. The summed E-state index contributed by atoms with van der Waals surface area (Å²) in [6.45, 7) is 0.0126. The summed E-state index contributed by atoms with van der Waals surface area (Å²) in [5.41, 5.74) is 8.25. The number of benzene rings is 1. The van der Waals surface area contributed by atoms with Gasteiger partial charge in [0.25, 0.3) is 5.91 Å². The molecule has 4 rings (SSSR count). The van der Waals surface area contributed by atoms with E-state index in [4.69, 9.17) is 11.5 Å². The van der Waals surface area contributed by atoms with E-state index in [1.807, 2.05) is 0 Å². The second kappa shape index (κ2) is 6.16. The monoisotopic (exact) mass is 400 g/mol. The Morgan fingerprint density at radius 2 is 1.86 bits per heavy atom. The lowest BCUT2D eigenvalue weighted by atomic mass is 9.59. The molecule has 0 aliphatic heterocycles. The molecule has 29 heavy (non-hydrogen) atoms. The predicted octanol–water partition coefficient (Wildman–Crippen LogP) is -0.117. The number of rotatable bonds is 2. The van der Waals surface area contributed by atoms with Gasteiger partial charge in [0.15, 0.2) is 11.4 Å². The average Bonchev–Trinajstić information content (AvgIpc) is 2.64. The lowest BCUT2D eigenvalue weighted by Crippen LogP contribution is -2.58. The molecule has 1 aromatic carbocycles. The maximum absolute atomic E-state index is 13.3. The topological polar surface area (TPSA) is 184 Å². The van der Waals surface area contributed by atoms with Gasteiger partial charge in [0.05, 0.1) is 5.56 Å². The maximum atomic E-state index is 13.3. The molecule has 1 amide bonds. The summed E-state index contributed by atoms with van der Waals surface area (Å²) in [5.74, 6) is -6.34. The van der Waals surface area contributed by atoms with E-state index in [0.717, 1.165) is 0 Å². The number of Topliss-reactive ketones (excluding diaryl/α,β-unsaturated/α-hetero) is 2. The number of aliphatic hydroxyl groups excluding tert-OH is 2. The molecule has 1 fully saturated rings. The molecule has 0 heterocycles. The summed E-state index contributed by atoms with van der Waals surface area (Å²) >= 11 is 0. The summed E-state index contributed by atoms with van der Waals surface area (Å²) in [4.78, 5) is 37.1. The van der Waals surface area contributed by atoms with Crippen LogP contribution < -0.4 is 11.5 Å². The summed E-state index contributed by atoms with van der Waals surface area (Å²) in [5, 5.41) is 42.9. The maximum Gasteiger partial charge on any atom is 0.255 e. The fourth-order valence-corrected chi connectivity index (χ4v) is 4.80. The number of ketones is 2. The molecule has 3 aliphatic carbocycles. The SMILES string of the molecule is NCc1ccc2c(c1O)C(O)=C1C(=O)C3(O)C(O)=C(C(N)=O)C(=O)CC3CC1C2. The van der Waals surface area contributed by atoms with Crippen LogP contribution >= 0.6 is 0 Å². The van der Waals surface area contributed by atoms with Gasteiger partial charge in [-0.05, 0) is 24.3 Å². The van der Waals surface area contributed by atoms with Crippen LogP contribution in [0.25, 0.3) is 5.76 Å². The molecule has 0 bridgehead atoms. The second-order valence-electron chi connectivity index (χ2n) is 7.72. The van der Waals surface area contributed by atoms with Gasteiger partial charge in [0, 0.05) is 30.0 Å². The molecular formula is C20H20N2O7. The van der Waals surface area contributed by atoms with Crippen LogP contribution in [0.4, 0.5) is 0 Å². The highest BCUT2D eigenvalue weighted by Crippen LogP contribution is 2.52. The summed E-state index contributed by atoms with van der Waals surface area (Å²) in [6.07, 6.45) is 0.0639. The highest BCUT2D eigenvalue weighted by molar-refractivity contribution is 6.22. The van der Waals surface area contributed by atoms with Crippen LogP contribution in [-0.4, -0.2) is 43.5 Å². The molecule has 8 N–H and O–H groups in total. The highest BCUT2D eigenvalue weighted by atomic mass is 16.3. The van der Waals surface area contributed by atoms with E-state index in [2.05, 4.69) is 0 Å². The smallest absolute Gasteiger partial charge is 0.255 e. The van der Waals surface area contributed by atoms with Crippen LogP contribution in [0.2, 0.25) is 0 Å². The average molecular weight is 400 g/mol. The molecule has 1 saturated carbocycles. The van der Waals surface area contributed by atoms with E-state index >= 15 is 0 Å². The minimum Gasteiger partial charge on any atom is -0.508 e. The molecule has 0 radical (unpaired) electrons. The zero-order valence-corrected chi connectivity index (χ0v) is 15.3. The number of phenolic OH excluding ortho intramolecular Hbond substituents is 1. The van der Waals surface area contributed by atoms with Crippen molar-refractivity contribution in [3.63, 3.8) is 0 Å². The first-order chi connectivity index (χ1) is 13.6. The third-order valence-electron chi connectivity index (χ3n) is 6.24. The molecule has 3 unspecified atom stereocenters. The molecule has 1 aromatic rings. The van der Waals surface area contributed by atoms with Gasteiger partial charge >= 0.3 is 0 Å². The summed E-state index contributed by atoms with van der Waals surface area (Å²) in [7, 11) is 0.